The van der Waals surface area contributed by atoms with E-state index in [4.69, 9.17) is 21.3 Å². The van der Waals surface area contributed by atoms with Crippen LogP contribution in [0.1, 0.15) is 17.2 Å². The van der Waals surface area contributed by atoms with E-state index in [1.54, 1.807) is 18.2 Å². The minimum atomic E-state index is -0.633. The van der Waals surface area contributed by atoms with Crippen LogP contribution in [0, 0.1) is 0 Å². The number of carbonyl (C=O) groups is 2. The first-order valence-corrected chi connectivity index (χ1v) is 11.8. The van der Waals surface area contributed by atoms with Gasteiger partial charge >= 0.3 is 0 Å². The molecule has 9 heteroatoms. The fourth-order valence-corrected chi connectivity index (χ4v) is 4.88. The molecule has 0 radical (unpaired) electrons. The van der Waals surface area contributed by atoms with Gasteiger partial charge in [0.15, 0.2) is 5.17 Å². The predicted octanol–water partition coefficient (Wildman–Crippen LogP) is 5.05. The summed E-state index contributed by atoms with van der Waals surface area (Å²) in [6.45, 7) is 0. The molecule has 0 fully saturated rings. The minimum Gasteiger partial charge on any atom is -0.495 e. The standard InChI is InChI=1S/C25H19ClN4O3S/c1-33-20-12-11-16(26)13-19(20)27-21(31)14-34-25-28-18-10-6-5-9-17(18)23-29-24(32)22(30(23)25)15-7-3-2-4-8-15/h2-13,22H,14H2,1H3,(H,27,31). The first kappa shape index (κ1) is 22.2. The minimum absolute atomic E-state index is 0.0656. The molecule has 5 rings (SSSR count). The lowest BCUT2D eigenvalue weighted by atomic mass is 10.0. The summed E-state index contributed by atoms with van der Waals surface area (Å²) in [4.78, 5) is 36.7. The van der Waals surface area contributed by atoms with Gasteiger partial charge in [-0.2, -0.15) is 4.99 Å². The Labute approximate surface area is 205 Å². The van der Waals surface area contributed by atoms with Crippen LogP contribution < -0.4 is 10.1 Å². The molecule has 0 aliphatic carbocycles. The summed E-state index contributed by atoms with van der Waals surface area (Å²) in [5.41, 5.74) is 2.79. The van der Waals surface area contributed by atoms with Crippen LogP contribution in [0.5, 0.6) is 5.75 Å². The molecule has 7 nitrogen and oxygen atoms in total. The average Bonchev–Trinajstić information content (AvgIpc) is 3.20. The highest BCUT2D eigenvalue weighted by Gasteiger charge is 2.42. The molecule has 3 aromatic rings. The number of methoxy groups -OCH3 is 1. The number of para-hydroxylation sites is 1. The smallest absolute Gasteiger partial charge is 0.275 e. The maximum absolute atomic E-state index is 13.0. The van der Waals surface area contributed by atoms with Gasteiger partial charge in [-0.15, -0.1) is 0 Å². The molecule has 2 aliphatic heterocycles. The van der Waals surface area contributed by atoms with Crippen LogP contribution in [0.4, 0.5) is 11.4 Å². The second-order valence-electron chi connectivity index (χ2n) is 7.55. The van der Waals surface area contributed by atoms with E-state index >= 15 is 0 Å². The van der Waals surface area contributed by atoms with Crippen molar-refractivity contribution in [3.05, 3.63) is 88.9 Å². The van der Waals surface area contributed by atoms with Crippen LogP contribution in [0.25, 0.3) is 0 Å². The Kier molecular flexibility index (Phi) is 6.08. The van der Waals surface area contributed by atoms with Crippen LogP contribution in [0.3, 0.4) is 0 Å². The van der Waals surface area contributed by atoms with E-state index in [0.717, 1.165) is 11.1 Å². The molecule has 0 saturated heterocycles. The van der Waals surface area contributed by atoms with Crippen molar-refractivity contribution in [2.75, 3.05) is 18.2 Å². The van der Waals surface area contributed by atoms with Gasteiger partial charge in [-0.1, -0.05) is 65.8 Å². The molecule has 3 aromatic carbocycles. The number of thioether (sulfide) groups is 1. The van der Waals surface area contributed by atoms with Crippen molar-refractivity contribution < 1.29 is 14.3 Å². The zero-order valence-electron chi connectivity index (χ0n) is 18.1. The number of ether oxygens (including phenoxy) is 1. The van der Waals surface area contributed by atoms with Gasteiger partial charge < -0.3 is 10.1 Å². The van der Waals surface area contributed by atoms with Crippen molar-refractivity contribution in [2.45, 2.75) is 6.04 Å². The number of anilines is 1. The molecule has 2 amide bonds. The van der Waals surface area contributed by atoms with Crippen molar-refractivity contribution in [3.8, 4) is 5.75 Å². The molecular weight excluding hydrogens is 472 g/mol. The zero-order chi connectivity index (χ0) is 23.7. The SMILES string of the molecule is COc1ccc(Cl)cc1NC(=O)CSC1=Nc2ccccc2C2=NC(=O)C(c3ccccc3)N12. The molecule has 0 saturated carbocycles. The quantitative estimate of drug-likeness (QED) is 0.541. The second kappa shape index (κ2) is 9.32. The molecule has 0 bridgehead atoms. The fourth-order valence-electron chi connectivity index (χ4n) is 3.88. The number of hydrogen-bond donors (Lipinski definition) is 1. The summed E-state index contributed by atoms with van der Waals surface area (Å²) < 4.78 is 5.30. The Bertz CT molecular complexity index is 1340. The van der Waals surface area contributed by atoms with Crippen molar-refractivity contribution in [1.82, 2.24) is 4.90 Å². The largest absolute Gasteiger partial charge is 0.495 e. The summed E-state index contributed by atoms with van der Waals surface area (Å²) in [5, 5.41) is 3.85. The Morgan fingerprint density at radius 2 is 1.85 bits per heavy atom. The van der Waals surface area contributed by atoms with E-state index in [-0.39, 0.29) is 17.6 Å². The maximum atomic E-state index is 13.0. The topological polar surface area (TPSA) is 83.4 Å². The first-order valence-electron chi connectivity index (χ1n) is 10.5. The Morgan fingerprint density at radius 1 is 1.09 bits per heavy atom. The molecule has 2 heterocycles. The molecule has 1 N–H and O–H groups in total. The van der Waals surface area contributed by atoms with Crippen LogP contribution in [-0.2, 0) is 9.59 Å². The number of fused-ring (bicyclic) bond motifs is 3. The normalized spacial score (nSPS) is 16.4. The van der Waals surface area contributed by atoms with Crippen LogP contribution in [-0.4, -0.2) is 40.6 Å². The Hall–Kier alpha value is -3.62. The van der Waals surface area contributed by atoms with E-state index in [0.29, 0.717) is 33.2 Å². The molecule has 1 atom stereocenters. The molecule has 2 aliphatic rings. The van der Waals surface area contributed by atoms with E-state index in [1.807, 2.05) is 59.5 Å². The highest BCUT2D eigenvalue weighted by atomic mass is 35.5. The number of carbonyl (C=O) groups excluding carboxylic acids is 2. The summed E-state index contributed by atoms with van der Waals surface area (Å²) in [6, 6.07) is 21.4. The number of amides is 2. The number of nitrogens with one attached hydrogen (secondary N) is 1. The van der Waals surface area contributed by atoms with Crippen molar-refractivity contribution in [2.24, 2.45) is 9.98 Å². The summed E-state index contributed by atoms with van der Waals surface area (Å²) >= 11 is 7.31. The number of hydrogen-bond acceptors (Lipinski definition) is 6. The van der Waals surface area contributed by atoms with Crippen LogP contribution >= 0.6 is 23.4 Å². The van der Waals surface area contributed by atoms with E-state index in [2.05, 4.69) is 10.3 Å². The van der Waals surface area contributed by atoms with Gasteiger partial charge in [0.1, 0.15) is 17.6 Å². The van der Waals surface area contributed by atoms with Gasteiger partial charge in [0.05, 0.1) is 24.2 Å². The van der Waals surface area contributed by atoms with Gasteiger partial charge in [0.2, 0.25) is 5.91 Å². The number of nitrogens with zero attached hydrogens (tertiary/aromatic N) is 3. The van der Waals surface area contributed by atoms with E-state index in [1.165, 1.54) is 18.9 Å². The predicted molar refractivity (Wildman–Crippen MR) is 135 cm³/mol. The number of halogens is 1. The van der Waals surface area contributed by atoms with Gasteiger partial charge in [-0.3, -0.25) is 14.5 Å². The third kappa shape index (κ3) is 4.18. The lowest BCUT2D eigenvalue weighted by Crippen LogP contribution is -2.39. The molecule has 34 heavy (non-hydrogen) atoms. The number of benzene rings is 3. The van der Waals surface area contributed by atoms with E-state index < -0.39 is 6.04 Å². The number of rotatable bonds is 5. The Balaban J connectivity index is 1.42. The molecular formula is C25H19ClN4O3S. The molecule has 1 unspecified atom stereocenters. The average molecular weight is 491 g/mol. The highest BCUT2D eigenvalue weighted by molar-refractivity contribution is 8.14. The van der Waals surface area contributed by atoms with Crippen LogP contribution in [0.2, 0.25) is 5.02 Å². The Morgan fingerprint density at radius 3 is 2.65 bits per heavy atom. The zero-order valence-corrected chi connectivity index (χ0v) is 19.6. The second-order valence-corrected chi connectivity index (χ2v) is 8.93. The lowest BCUT2D eigenvalue weighted by molar-refractivity contribution is -0.119. The number of amidine groups is 2. The molecule has 0 aromatic heterocycles. The monoisotopic (exact) mass is 490 g/mol. The molecule has 0 spiro atoms. The summed E-state index contributed by atoms with van der Waals surface area (Å²) in [7, 11) is 1.52. The highest BCUT2D eigenvalue weighted by Crippen LogP contribution is 2.39. The van der Waals surface area contributed by atoms with Crippen molar-refractivity contribution in [1.29, 1.82) is 0 Å². The van der Waals surface area contributed by atoms with Gasteiger partial charge in [-0.25, -0.2) is 4.99 Å². The first-order chi connectivity index (χ1) is 16.5. The number of aliphatic imine (C=N–C) groups is 2. The maximum Gasteiger partial charge on any atom is 0.275 e. The third-order valence-corrected chi connectivity index (χ3v) is 6.57. The molecule has 170 valence electrons. The fraction of sp³-hybridized carbons (Fsp3) is 0.120. The summed E-state index contributed by atoms with van der Waals surface area (Å²) in [6.07, 6.45) is 0. The van der Waals surface area contributed by atoms with Crippen molar-refractivity contribution >= 4 is 57.6 Å². The van der Waals surface area contributed by atoms with Crippen LogP contribution in [0.15, 0.2) is 82.8 Å². The lowest BCUT2D eigenvalue weighted by Gasteiger charge is -2.31. The van der Waals surface area contributed by atoms with Gasteiger partial charge in [0, 0.05) is 10.6 Å². The van der Waals surface area contributed by atoms with Gasteiger partial charge in [-0.05, 0) is 35.9 Å². The van der Waals surface area contributed by atoms with E-state index in [9.17, 15) is 9.59 Å². The summed E-state index contributed by atoms with van der Waals surface area (Å²) in [5.74, 6) is 0.599. The van der Waals surface area contributed by atoms with Crippen molar-refractivity contribution in [3.63, 3.8) is 0 Å². The third-order valence-electron chi connectivity index (χ3n) is 5.39. The van der Waals surface area contributed by atoms with Gasteiger partial charge in [0.25, 0.3) is 5.91 Å².